The van der Waals surface area contributed by atoms with Crippen LogP contribution >= 0.6 is 0 Å². The van der Waals surface area contributed by atoms with Gasteiger partial charge in [-0.2, -0.15) is 4.57 Å². The zero-order valence-electron chi connectivity index (χ0n) is 22.1. The predicted molar refractivity (Wildman–Crippen MR) is 149 cm³/mol. The number of hydrogen-bond acceptors (Lipinski definition) is 1. The maximum Gasteiger partial charge on any atom is 0.217 e. The molecule has 5 rings (SSSR count). The first-order valence-electron chi connectivity index (χ1n) is 12.4. The van der Waals surface area contributed by atoms with Gasteiger partial charge < -0.3 is 4.42 Å². The highest BCUT2D eigenvalue weighted by Crippen LogP contribution is 2.40. The Morgan fingerprint density at radius 1 is 0.824 bits per heavy atom. The molecule has 0 aliphatic heterocycles. The van der Waals surface area contributed by atoms with Gasteiger partial charge in [-0.05, 0) is 67.1 Å². The molecule has 0 spiro atoms. The van der Waals surface area contributed by atoms with Crippen molar-refractivity contribution in [3.8, 4) is 11.3 Å². The van der Waals surface area contributed by atoms with Crippen LogP contribution in [0.15, 0.2) is 52.9 Å². The summed E-state index contributed by atoms with van der Waals surface area (Å²) in [5.41, 5.74) is 11.1. The van der Waals surface area contributed by atoms with Gasteiger partial charge in [0.2, 0.25) is 11.2 Å². The fourth-order valence-electron chi connectivity index (χ4n) is 5.57. The second kappa shape index (κ2) is 7.81. The minimum Gasteiger partial charge on any atom is -0.455 e. The molecule has 3 heteroatoms. The lowest BCUT2D eigenvalue weighted by Crippen LogP contribution is -2.41. The minimum absolute atomic E-state index is 0.427. The van der Waals surface area contributed by atoms with Crippen LogP contribution in [0.1, 0.15) is 42.0 Å². The van der Waals surface area contributed by atoms with Crippen LogP contribution in [0, 0.1) is 20.8 Å². The van der Waals surface area contributed by atoms with Crippen molar-refractivity contribution in [3.63, 3.8) is 0 Å². The first kappa shape index (κ1) is 22.9. The molecule has 0 aliphatic rings. The van der Waals surface area contributed by atoms with Gasteiger partial charge in [-0.25, -0.2) is 0 Å². The molecule has 174 valence electrons. The van der Waals surface area contributed by atoms with Crippen molar-refractivity contribution in [2.75, 3.05) is 0 Å². The van der Waals surface area contributed by atoms with Crippen molar-refractivity contribution in [1.82, 2.24) is 0 Å². The number of hydrogen-bond donors (Lipinski definition) is 0. The maximum absolute atomic E-state index is 6.52. The Morgan fingerprint density at radius 3 is 2.21 bits per heavy atom. The molecular formula is C31H36NOSi+. The lowest BCUT2D eigenvalue weighted by molar-refractivity contribution is -0.633. The highest BCUT2D eigenvalue weighted by atomic mass is 28.3. The van der Waals surface area contributed by atoms with E-state index in [-0.39, 0.29) is 0 Å². The first-order chi connectivity index (χ1) is 16.0. The smallest absolute Gasteiger partial charge is 0.217 e. The van der Waals surface area contributed by atoms with Crippen molar-refractivity contribution in [2.45, 2.75) is 60.2 Å². The monoisotopic (exact) mass is 466 g/mol. The van der Waals surface area contributed by atoms with Crippen molar-refractivity contribution in [3.05, 3.63) is 70.8 Å². The third-order valence-corrected chi connectivity index (χ3v) is 9.70. The Bertz CT molecular complexity index is 1600. The van der Waals surface area contributed by atoms with Crippen molar-refractivity contribution >= 4 is 46.1 Å². The molecule has 2 nitrogen and oxygen atoms in total. The summed E-state index contributed by atoms with van der Waals surface area (Å²) in [6.45, 7) is 18.7. The molecule has 0 unspecified atom stereocenters. The van der Waals surface area contributed by atoms with Crippen LogP contribution in [-0.2, 0) is 7.05 Å². The quantitative estimate of drug-likeness (QED) is 0.196. The number of para-hydroxylation sites is 1. The van der Waals surface area contributed by atoms with Gasteiger partial charge in [0.1, 0.15) is 18.2 Å². The number of fused-ring (bicyclic) bond motifs is 4. The van der Waals surface area contributed by atoms with Crippen molar-refractivity contribution in [2.24, 2.45) is 7.05 Å². The van der Waals surface area contributed by atoms with Gasteiger partial charge in [-0.3, -0.25) is 0 Å². The van der Waals surface area contributed by atoms with Crippen LogP contribution in [0.3, 0.4) is 0 Å². The van der Waals surface area contributed by atoms with Crippen LogP contribution in [0.25, 0.3) is 44.1 Å². The largest absolute Gasteiger partial charge is 0.455 e. The van der Waals surface area contributed by atoms with Gasteiger partial charge in [0, 0.05) is 28.3 Å². The lowest BCUT2D eigenvalue weighted by atomic mass is 9.91. The van der Waals surface area contributed by atoms with Gasteiger partial charge in [0.25, 0.3) is 0 Å². The zero-order chi connectivity index (χ0) is 24.5. The molecule has 0 amide bonds. The molecule has 0 N–H and O–H groups in total. The summed E-state index contributed by atoms with van der Waals surface area (Å²) in [4.78, 5) is 0. The Morgan fingerprint density at radius 2 is 1.53 bits per heavy atom. The van der Waals surface area contributed by atoms with Gasteiger partial charge >= 0.3 is 0 Å². The highest BCUT2D eigenvalue weighted by molar-refractivity contribution is 6.89. The van der Waals surface area contributed by atoms with Crippen molar-refractivity contribution < 1.29 is 8.98 Å². The van der Waals surface area contributed by atoms with E-state index in [1.807, 2.05) is 0 Å². The number of benzene rings is 3. The van der Waals surface area contributed by atoms with E-state index >= 15 is 0 Å². The number of nitrogens with zero attached hydrogens (tertiary/aromatic N) is 1. The number of rotatable bonds is 3. The summed E-state index contributed by atoms with van der Waals surface area (Å²) in [7, 11) is 0.770. The van der Waals surface area contributed by atoms with Crippen LogP contribution in [0.5, 0.6) is 0 Å². The second-order valence-corrected chi connectivity index (χ2v) is 16.3. The van der Waals surface area contributed by atoms with Gasteiger partial charge in [0.05, 0.1) is 13.6 Å². The Balaban J connectivity index is 1.94. The Labute approximate surface area is 204 Å². The fourth-order valence-corrected chi connectivity index (χ4v) is 7.41. The summed E-state index contributed by atoms with van der Waals surface area (Å²) in [6.07, 6.45) is 0. The molecule has 5 aromatic rings. The number of pyridine rings is 1. The first-order valence-corrected chi connectivity index (χ1v) is 15.9. The van der Waals surface area contributed by atoms with Gasteiger partial charge in [-0.15, -0.1) is 0 Å². The van der Waals surface area contributed by atoms with E-state index in [4.69, 9.17) is 4.42 Å². The molecule has 34 heavy (non-hydrogen) atoms. The summed E-state index contributed by atoms with van der Waals surface area (Å²) in [5.74, 6) is 0.427. The van der Waals surface area contributed by atoms with E-state index in [0.29, 0.717) is 5.92 Å². The number of aromatic nitrogens is 1. The predicted octanol–water partition coefficient (Wildman–Crippen LogP) is 7.82. The maximum atomic E-state index is 6.52. The molecule has 0 fully saturated rings. The van der Waals surface area contributed by atoms with E-state index < -0.39 is 8.07 Å². The summed E-state index contributed by atoms with van der Waals surface area (Å²) < 4.78 is 8.91. The third kappa shape index (κ3) is 3.41. The number of furan rings is 1. The molecule has 0 saturated carbocycles. The minimum atomic E-state index is -1.44. The SMILES string of the molecule is Cc1cc2c(cc1[Si](C)(C)C)c(C(C)C)cc(-c1c(C)c(C)cc3c1oc1ccccc13)[n+]2C. The Hall–Kier alpha value is -2.91. The molecule has 0 radical (unpaired) electrons. The van der Waals surface area contributed by atoms with Crippen LogP contribution in [0.2, 0.25) is 19.6 Å². The normalized spacial score (nSPS) is 12.5. The van der Waals surface area contributed by atoms with Gasteiger partial charge in [-0.1, -0.05) is 56.9 Å². The van der Waals surface area contributed by atoms with E-state index in [2.05, 4.69) is 114 Å². The fraction of sp³-hybridized carbons (Fsp3) is 0.323. The van der Waals surface area contributed by atoms with Crippen LogP contribution in [0.4, 0.5) is 0 Å². The summed E-state index contributed by atoms with van der Waals surface area (Å²) in [5, 5.41) is 5.33. The molecular weight excluding hydrogens is 430 g/mol. The van der Waals surface area contributed by atoms with E-state index in [0.717, 1.165) is 11.2 Å². The average molecular weight is 467 g/mol. The van der Waals surface area contributed by atoms with Crippen molar-refractivity contribution in [1.29, 1.82) is 0 Å². The van der Waals surface area contributed by atoms with Crippen LogP contribution < -0.4 is 9.75 Å². The molecule has 0 bridgehead atoms. The average Bonchev–Trinajstić information content (AvgIpc) is 3.12. The molecule has 0 saturated heterocycles. The molecule has 3 aromatic carbocycles. The summed E-state index contributed by atoms with van der Waals surface area (Å²) >= 11 is 0. The third-order valence-electron chi connectivity index (χ3n) is 7.54. The van der Waals surface area contributed by atoms with Gasteiger partial charge in [0.15, 0.2) is 0 Å². The van der Waals surface area contributed by atoms with E-state index in [9.17, 15) is 0 Å². The number of aryl methyl sites for hydroxylation is 3. The van der Waals surface area contributed by atoms with E-state index in [1.54, 1.807) is 5.19 Å². The molecule has 2 aromatic heterocycles. The van der Waals surface area contributed by atoms with E-state index in [1.165, 1.54) is 55.2 Å². The molecule has 0 aliphatic carbocycles. The summed E-state index contributed by atoms with van der Waals surface area (Å²) in [6, 6.07) is 18.0. The molecule has 0 atom stereocenters. The zero-order valence-corrected chi connectivity index (χ0v) is 23.1. The standard InChI is InChI=1S/C31H36NOSi/c1-18(2)23-16-27(32(6)26-15-20(4)29(17-24(23)26)34(7,8)9)30-21(5)19(3)14-25-22-12-10-11-13-28(22)33-31(25)30/h10-18H,1-9H3/q+1. The van der Waals surface area contributed by atoms with Crippen LogP contribution in [-0.4, -0.2) is 8.07 Å². The lowest BCUT2D eigenvalue weighted by Gasteiger charge is -2.21. The topological polar surface area (TPSA) is 17.0 Å². The Kier molecular flexibility index (Phi) is 5.25. The molecule has 2 heterocycles. The second-order valence-electron chi connectivity index (χ2n) is 11.3. The highest BCUT2D eigenvalue weighted by Gasteiger charge is 2.28.